The summed E-state index contributed by atoms with van der Waals surface area (Å²) in [5, 5.41) is 23.8. The summed E-state index contributed by atoms with van der Waals surface area (Å²) in [6, 6.07) is 5.20. The maximum atomic E-state index is 12.4. The van der Waals surface area contributed by atoms with E-state index in [1.54, 1.807) is 30.0 Å². The molecule has 1 heterocycles. The number of carbonyl (C=O) groups excluding carboxylic acids is 1. The van der Waals surface area contributed by atoms with Crippen LogP contribution < -0.4 is 10.1 Å². The van der Waals surface area contributed by atoms with Crippen molar-refractivity contribution in [1.82, 2.24) is 20.2 Å². The fourth-order valence-corrected chi connectivity index (χ4v) is 3.24. The molecule has 2 fully saturated rings. The molecule has 1 aromatic carbocycles. The number of hydrogen-bond acceptors (Lipinski definition) is 6. The Kier molecular flexibility index (Phi) is 4.06. The van der Waals surface area contributed by atoms with Crippen LogP contribution in [0.4, 0.5) is 5.69 Å². The van der Waals surface area contributed by atoms with Gasteiger partial charge in [-0.05, 0) is 54.3 Å². The van der Waals surface area contributed by atoms with Crippen molar-refractivity contribution in [3.8, 4) is 11.4 Å². The number of benzene rings is 1. The van der Waals surface area contributed by atoms with Crippen molar-refractivity contribution >= 4 is 17.6 Å². The predicted octanol–water partition coefficient (Wildman–Crippen LogP) is 1.60. The number of aromatic nitrogens is 4. The Bertz CT molecular complexity index is 861. The van der Waals surface area contributed by atoms with E-state index < -0.39 is 17.8 Å². The first-order valence-electron chi connectivity index (χ1n) is 8.59. The molecule has 2 aromatic rings. The topological polar surface area (TPSA) is 119 Å². The summed E-state index contributed by atoms with van der Waals surface area (Å²) in [7, 11) is 1.56. The Hall–Kier alpha value is -2.97. The SMILES string of the molecule is COc1ccc(NC(=O)C2CCC2C(=O)O)cc1-n1nnnc1C1CC1. The van der Waals surface area contributed by atoms with E-state index in [2.05, 4.69) is 20.8 Å². The number of ether oxygens (including phenoxy) is 1. The number of nitrogens with one attached hydrogen (secondary N) is 1. The molecule has 0 bridgehead atoms. The van der Waals surface area contributed by atoms with Crippen molar-refractivity contribution in [3.05, 3.63) is 24.0 Å². The van der Waals surface area contributed by atoms with E-state index in [0.717, 1.165) is 18.7 Å². The summed E-state index contributed by atoms with van der Waals surface area (Å²) in [6.07, 6.45) is 3.23. The maximum absolute atomic E-state index is 12.4. The van der Waals surface area contributed by atoms with Crippen molar-refractivity contribution in [2.24, 2.45) is 11.8 Å². The molecule has 0 aliphatic heterocycles. The number of hydrogen-bond donors (Lipinski definition) is 2. The van der Waals surface area contributed by atoms with Gasteiger partial charge in [-0.25, -0.2) is 0 Å². The average Bonchev–Trinajstić information content (AvgIpc) is 3.30. The van der Waals surface area contributed by atoms with E-state index in [-0.39, 0.29) is 5.91 Å². The van der Waals surface area contributed by atoms with Crippen LogP contribution in [0.5, 0.6) is 5.75 Å². The molecule has 2 aliphatic rings. The zero-order valence-corrected chi connectivity index (χ0v) is 14.3. The van der Waals surface area contributed by atoms with Gasteiger partial charge in [-0.1, -0.05) is 0 Å². The second-order valence-electron chi connectivity index (χ2n) is 6.73. The van der Waals surface area contributed by atoms with E-state index >= 15 is 0 Å². The lowest BCUT2D eigenvalue weighted by Crippen LogP contribution is -2.41. The molecule has 1 aromatic heterocycles. The van der Waals surface area contributed by atoms with Crippen molar-refractivity contribution in [2.45, 2.75) is 31.6 Å². The van der Waals surface area contributed by atoms with Gasteiger partial charge in [-0.2, -0.15) is 4.68 Å². The third-order valence-electron chi connectivity index (χ3n) is 5.04. The number of carboxylic acid groups (broad SMARTS) is 1. The second-order valence-corrected chi connectivity index (χ2v) is 6.73. The van der Waals surface area contributed by atoms with E-state index in [1.807, 2.05) is 0 Å². The highest BCUT2D eigenvalue weighted by molar-refractivity contribution is 5.96. The molecule has 2 aliphatic carbocycles. The highest BCUT2D eigenvalue weighted by atomic mass is 16.5. The Morgan fingerprint density at radius 3 is 2.62 bits per heavy atom. The van der Waals surface area contributed by atoms with Gasteiger partial charge < -0.3 is 15.2 Å². The normalized spacial score (nSPS) is 21.7. The molecule has 2 saturated carbocycles. The molecule has 2 N–H and O–H groups in total. The second kappa shape index (κ2) is 6.40. The maximum Gasteiger partial charge on any atom is 0.307 e. The molecule has 1 amide bonds. The van der Waals surface area contributed by atoms with Gasteiger partial charge in [0.05, 0.1) is 18.9 Å². The predicted molar refractivity (Wildman–Crippen MR) is 90.2 cm³/mol. The number of anilines is 1. The third-order valence-corrected chi connectivity index (χ3v) is 5.04. The van der Waals surface area contributed by atoms with Crippen LogP contribution in [0.15, 0.2) is 18.2 Å². The molecule has 4 rings (SSSR count). The van der Waals surface area contributed by atoms with Gasteiger partial charge in [-0.15, -0.1) is 5.10 Å². The Labute approximate surface area is 149 Å². The molecule has 0 saturated heterocycles. The fourth-order valence-electron chi connectivity index (χ4n) is 3.24. The van der Waals surface area contributed by atoms with Crippen molar-refractivity contribution in [3.63, 3.8) is 0 Å². The summed E-state index contributed by atoms with van der Waals surface area (Å²) < 4.78 is 7.04. The van der Waals surface area contributed by atoms with E-state index in [4.69, 9.17) is 9.84 Å². The van der Waals surface area contributed by atoms with Crippen molar-refractivity contribution in [1.29, 1.82) is 0 Å². The average molecular weight is 357 g/mol. The van der Waals surface area contributed by atoms with Gasteiger partial charge in [0.25, 0.3) is 0 Å². The molecular weight excluding hydrogens is 338 g/mol. The number of tetrazole rings is 1. The van der Waals surface area contributed by atoms with Crippen LogP contribution in [0.25, 0.3) is 5.69 Å². The van der Waals surface area contributed by atoms with Crippen LogP contribution in [0.2, 0.25) is 0 Å². The van der Waals surface area contributed by atoms with Crippen LogP contribution in [0, 0.1) is 11.8 Å². The van der Waals surface area contributed by atoms with E-state index in [0.29, 0.717) is 35.9 Å². The number of aliphatic carboxylic acids is 1. The standard InChI is InChI=1S/C17H19N5O4/c1-26-14-7-4-10(18-16(23)11-5-6-12(11)17(24)25)8-13(14)22-15(9-2-3-9)19-20-21-22/h4,7-9,11-12H,2-3,5-6H2,1H3,(H,18,23)(H,24,25). The third kappa shape index (κ3) is 2.89. The van der Waals surface area contributed by atoms with E-state index in [9.17, 15) is 9.59 Å². The lowest BCUT2D eigenvalue weighted by molar-refractivity contribution is -0.151. The van der Waals surface area contributed by atoms with Gasteiger partial charge in [0, 0.05) is 11.6 Å². The van der Waals surface area contributed by atoms with Gasteiger partial charge in [0.15, 0.2) is 5.82 Å². The summed E-state index contributed by atoms with van der Waals surface area (Å²) in [4.78, 5) is 23.5. The van der Waals surface area contributed by atoms with Crippen molar-refractivity contribution in [2.75, 3.05) is 12.4 Å². The first kappa shape index (κ1) is 16.5. The highest BCUT2D eigenvalue weighted by Crippen LogP contribution is 2.40. The molecule has 0 radical (unpaired) electrons. The zero-order valence-electron chi connectivity index (χ0n) is 14.3. The smallest absolute Gasteiger partial charge is 0.307 e. The van der Waals surface area contributed by atoms with Gasteiger partial charge in [0.1, 0.15) is 11.4 Å². The lowest BCUT2D eigenvalue weighted by atomic mass is 9.73. The van der Waals surface area contributed by atoms with E-state index in [1.165, 1.54) is 0 Å². The van der Waals surface area contributed by atoms with Crippen molar-refractivity contribution < 1.29 is 19.4 Å². The fraction of sp³-hybridized carbons (Fsp3) is 0.471. The summed E-state index contributed by atoms with van der Waals surface area (Å²) in [5.74, 6) is -0.587. The number of carboxylic acids is 1. The molecule has 0 spiro atoms. The Morgan fingerprint density at radius 1 is 1.23 bits per heavy atom. The molecule has 9 heteroatoms. The van der Waals surface area contributed by atoms with Gasteiger partial charge in [0.2, 0.25) is 5.91 Å². The first-order valence-corrected chi connectivity index (χ1v) is 8.59. The molecule has 2 unspecified atom stereocenters. The van der Waals surface area contributed by atoms with Crippen LogP contribution in [0.1, 0.15) is 37.4 Å². The largest absolute Gasteiger partial charge is 0.494 e. The Morgan fingerprint density at radius 2 is 2.00 bits per heavy atom. The summed E-state index contributed by atoms with van der Waals surface area (Å²) in [6.45, 7) is 0. The summed E-state index contributed by atoms with van der Waals surface area (Å²) in [5.41, 5.74) is 1.19. The van der Waals surface area contributed by atoms with Gasteiger partial charge >= 0.3 is 5.97 Å². The number of methoxy groups -OCH3 is 1. The van der Waals surface area contributed by atoms with Crippen LogP contribution in [-0.4, -0.2) is 44.3 Å². The number of rotatable bonds is 6. The summed E-state index contributed by atoms with van der Waals surface area (Å²) >= 11 is 0. The number of carbonyl (C=O) groups is 2. The first-order chi connectivity index (χ1) is 12.6. The quantitative estimate of drug-likeness (QED) is 0.806. The minimum Gasteiger partial charge on any atom is -0.494 e. The number of nitrogens with zero attached hydrogens (tertiary/aromatic N) is 4. The highest BCUT2D eigenvalue weighted by Gasteiger charge is 2.41. The molecular formula is C17H19N5O4. The molecule has 136 valence electrons. The zero-order chi connectivity index (χ0) is 18.3. The lowest BCUT2D eigenvalue weighted by Gasteiger charge is -2.31. The van der Waals surface area contributed by atoms with Gasteiger partial charge in [-0.3, -0.25) is 9.59 Å². The van der Waals surface area contributed by atoms with Crippen LogP contribution in [0.3, 0.4) is 0 Å². The Balaban J connectivity index is 1.59. The minimum absolute atomic E-state index is 0.279. The van der Waals surface area contributed by atoms with Crippen LogP contribution in [-0.2, 0) is 9.59 Å². The minimum atomic E-state index is -0.922. The molecule has 9 nitrogen and oxygen atoms in total. The molecule has 26 heavy (non-hydrogen) atoms. The molecule has 2 atom stereocenters. The van der Waals surface area contributed by atoms with Crippen LogP contribution >= 0.6 is 0 Å². The monoisotopic (exact) mass is 357 g/mol. The number of amides is 1.